The number of hydrogen-bond donors (Lipinski definition) is 1. The minimum absolute atomic E-state index is 0.253. The molecular weight excluding hydrogens is 217 g/mol. The first-order valence-corrected chi connectivity index (χ1v) is 5.39. The molecule has 1 N–H and O–H groups in total. The molecule has 72 valence electrons. The molecule has 0 aliphatic carbocycles. The highest BCUT2D eigenvalue weighted by atomic mass is 32.2. The van der Waals surface area contributed by atoms with Crippen molar-refractivity contribution in [3.63, 3.8) is 0 Å². The van der Waals surface area contributed by atoms with Gasteiger partial charge in [-0.25, -0.2) is 4.57 Å². The second-order valence-corrected chi connectivity index (χ2v) is 3.99. The van der Waals surface area contributed by atoms with Gasteiger partial charge < -0.3 is 0 Å². The molecule has 0 unspecified atom stereocenters. The number of hydrogen-bond acceptors (Lipinski definition) is 4. The van der Waals surface area contributed by atoms with Crippen LogP contribution in [-0.2, 0) is 19.2 Å². The van der Waals surface area contributed by atoms with E-state index in [4.69, 9.17) is 4.55 Å². The first-order valence-electron chi connectivity index (χ1n) is 2.49. The van der Waals surface area contributed by atoms with Crippen LogP contribution in [0.4, 0.5) is 8.39 Å². The summed E-state index contributed by atoms with van der Waals surface area (Å²) in [7, 11) is -9.91. The maximum absolute atomic E-state index is 11.4. The van der Waals surface area contributed by atoms with E-state index in [0.717, 1.165) is 0 Å². The Morgan fingerprint density at radius 3 is 2.33 bits per heavy atom. The van der Waals surface area contributed by atoms with Crippen molar-refractivity contribution in [2.75, 3.05) is 6.61 Å². The van der Waals surface area contributed by atoms with Crippen LogP contribution in [0.3, 0.4) is 0 Å². The van der Waals surface area contributed by atoms with E-state index in [1.165, 1.54) is 0 Å². The van der Waals surface area contributed by atoms with Gasteiger partial charge in [0.25, 0.3) is 10.1 Å². The maximum atomic E-state index is 11.4. The summed E-state index contributed by atoms with van der Waals surface area (Å²) in [5, 5.41) is 0.253. The third-order valence-electron chi connectivity index (χ3n) is 0.589. The van der Waals surface area contributed by atoms with Gasteiger partial charge in [-0.15, -0.1) is 8.39 Å². The third kappa shape index (κ3) is 9.70. The topological polar surface area (TPSA) is 80.7 Å². The molecule has 0 atom stereocenters. The van der Waals surface area contributed by atoms with Gasteiger partial charge in [0.15, 0.2) is 0 Å². The molecule has 0 aromatic carbocycles. The van der Waals surface area contributed by atoms with Crippen LogP contribution in [-0.4, -0.2) is 19.6 Å². The molecule has 0 aliphatic heterocycles. The molecule has 0 fully saturated rings. The van der Waals surface area contributed by atoms with E-state index in [1.54, 1.807) is 0 Å². The van der Waals surface area contributed by atoms with E-state index in [9.17, 15) is 21.4 Å². The van der Waals surface area contributed by atoms with Crippen molar-refractivity contribution < 1.29 is 30.5 Å². The lowest BCUT2D eigenvalue weighted by Crippen LogP contribution is -1.91. The Labute approximate surface area is 67.5 Å². The normalized spacial score (nSPS) is 13.9. The quantitative estimate of drug-likeness (QED) is 0.575. The predicted molar refractivity (Wildman–Crippen MR) is 36.5 cm³/mol. The summed E-state index contributed by atoms with van der Waals surface area (Å²) in [6, 6.07) is 0. The first-order chi connectivity index (χ1) is 5.21. The van der Waals surface area contributed by atoms with Gasteiger partial charge in [0, 0.05) is 0 Å². The van der Waals surface area contributed by atoms with Crippen molar-refractivity contribution in [2.24, 2.45) is 0 Å². The van der Waals surface area contributed by atoms with Crippen LogP contribution < -0.4 is 0 Å². The summed E-state index contributed by atoms with van der Waals surface area (Å²) in [6.07, 6.45) is 0.598. The van der Waals surface area contributed by atoms with Crippen LogP contribution >= 0.6 is 7.99 Å². The Kier molecular flexibility index (Phi) is 3.98. The summed E-state index contributed by atoms with van der Waals surface area (Å²) in [5.41, 5.74) is 0. The highest BCUT2D eigenvalue weighted by molar-refractivity contribution is 7.88. The lowest BCUT2D eigenvalue weighted by Gasteiger charge is -1.94. The van der Waals surface area contributed by atoms with E-state index < -0.39 is 24.7 Å². The zero-order chi connectivity index (χ0) is 9.83. The van der Waals surface area contributed by atoms with Gasteiger partial charge in [0.2, 0.25) is 0 Å². The van der Waals surface area contributed by atoms with Gasteiger partial charge in [0.05, 0.1) is 12.0 Å². The summed E-state index contributed by atoms with van der Waals surface area (Å²) in [4.78, 5) is 0. The molecular formula is C3H5F2O5PS. The van der Waals surface area contributed by atoms with Gasteiger partial charge in [-0.2, -0.15) is 8.42 Å². The number of rotatable bonds is 4. The van der Waals surface area contributed by atoms with Crippen molar-refractivity contribution in [2.45, 2.75) is 0 Å². The lowest BCUT2D eigenvalue weighted by atomic mass is 10.7. The van der Waals surface area contributed by atoms with Crippen molar-refractivity contribution in [1.82, 2.24) is 0 Å². The first kappa shape index (κ1) is 11.7. The molecule has 0 aliphatic rings. The molecule has 9 heteroatoms. The summed E-state index contributed by atoms with van der Waals surface area (Å²) >= 11 is 0. The van der Waals surface area contributed by atoms with Crippen molar-refractivity contribution in [3.8, 4) is 0 Å². The molecule has 0 aromatic rings. The zero-order valence-corrected chi connectivity index (χ0v) is 7.26. The molecule has 0 spiro atoms. The maximum Gasteiger partial charge on any atom is 0.552 e. The molecule has 0 saturated carbocycles. The third-order valence-corrected chi connectivity index (χ3v) is 1.58. The Morgan fingerprint density at radius 2 is 2.00 bits per heavy atom. The molecule has 0 rings (SSSR count). The lowest BCUT2D eigenvalue weighted by molar-refractivity contribution is 0.284. The van der Waals surface area contributed by atoms with E-state index in [1.807, 2.05) is 0 Å². The monoisotopic (exact) mass is 222 g/mol. The van der Waals surface area contributed by atoms with Gasteiger partial charge in [-0.05, 0) is 6.08 Å². The second kappa shape index (κ2) is 4.08. The fraction of sp³-hybridized carbons (Fsp3) is 0.333. The Balaban J connectivity index is 3.88. The van der Waals surface area contributed by atoms with Gasteiger partial charge in [0.1, 0.15) is 0 Å². The molecule has 0 amide bonds. The van der Waals surface area contributed by atoms with Crippen LogP contribution in [0.5, 0.6) is 0 Å². The minimum Gasteiger partial charge on any atom is -0.282 e. The Morgan fingerprint density at radius 1 is 1.50 bits per heavy atom. The van der Waals surface area contributed by atoms with E-state index in [-0.39, 0.29) is 5.41 Å². The summed E-state index contributed by atoms with van der Waals surface area (Å²) < 4.78 is 63.6. The van der Waals surface area contributed by atoms with Gasteiger partial charge in [-0.3, -0.25) is 9.08 Å². The second-order valence-electron chi connectivity index (χ2n) is 1.60. The van der Waals surface area contributed by atoms with Crippen LogP contribution in [0, 0.1) is 0 Å². The molecule has 0 radical (unpaired) electrons. The highest BCUT2D eigenvalue weighted by Gasteiger charge is 2.18. The summed E-state index contributed by atoms with van der Waals surface area (Å²) in [5.74, 6) is 0. The molecule has 0 saturated heterocycles. The number of halogens is 2. The van der Waals surface area contributed by atoms with E-state index in [2.05, 4.69) is 4.52 Å². The van der Waals surface area contributed by atoms with Crippen LogP contribution in [0.2, 0.25) is 0 Å². The van der Waals surface area contributed by atoms with Crippen LogP contribution in [0.25, 0.3) is 0 Å². The fourth-order valence-electron chi connectivity index (χ4n) is 0.291. The summed E-state index contributed by atoms with van der Waals surface area (Å²) in [6.45, 7) is -0.843. The minimum atomic E-state index is -5.58. The molecule has 0 bridgehead atoms. The fourth-order valence-corrected chi connectivity index (χ4v) is 0.872. The average molecular weight is 222 g/mol. The van der Waals surface area contributed by atoms with E-state index >= 15 is 0 Å². The standard InChI is InChI=1S/C3H5F2O5PS/c4-11(5,6)10-2-1-3-12(7,8)9/h1,3H,2H2,(H,7,8,9)/b3-1+. The smallest absolute Gasteiger partial charge is 0.282 e. The Bertz CT molecular complexity index is 303. The largest absolute Gasteiger partial charge is 0.552 e. The van der Waals surface area contributed by atoms with E-state index in [0.29, 0.717) is 6.08 Å². The molecule has 0 heterocycles. The SMILES string of the molecule is O=P(F)(F)OC/C=C/S(=O)(=O)O. The average Bonchev–Trinajstić information content (AvgIpc) is 1.76. The van der Waals surface area contributed by atoms with Gasteiger partial charge in [-0.1, -0.05) is 0 Å². The van der Waals surface area contributed by atoms with Gasteiger partial charge >= 0.3 is 7.99 Å². The predicted octanol–water partition coefficient (Wildman–Crippen LogP) is 1.45. The Hall–Kier alpha value is -0.300. The molecule has 5 nitrogen and oxygen atoms in total. The zero-order valence-electron chi connectivity index (χ0n) is 5.55. The van der Waals surface area contributed by atoms with Crippen molar-refractivity contribution >= 4 is 18.1 Å². The van der Waals surface area contributed by atoms with Crippen LogP contribution in [0.1, 0.15) is 0 Å². The van der Waals surface area contributed by atoms with Crippen molar-refractivity contribution in [1.29, 1.82) is 0 Å². The molecule has 0 aromatic heterocycles. The van der Waals surface area contributed by atoms with Crippen molar-refractivity contribution in [3.05, 3.63) is 11.5 Å². The molecule has 12 heavy (non-hydrogen) atoms. The van der Waals surface area contributed by atoms with Crippen LogP contribution in [0.15, 0.2) is 11.5 Å². The highest BCUT2D eigenvalue weighted by Crippen LogP contribution is 2.49.